The van der Waals surface area contributed by atoms with Crippen LogP contribution in [0.5, 0.6) is 0 Å². The Morgan fingerprint density at radius 1 is 1.40 bits per heavy atom. The van der Waals surface area contributed by atoms with Gasteiger partial charge in [0.05, 0.1) is 11.5 Å². The lowest BCUT2D eigenvalue weighted by atomic mass is 10.1. The lowest BCUT2D eigenvalue weighted by molar-refractivity contribution is -0.141. The molecule has 1 aliphatic rings. The van der Waals surface area contributed by atoms with E-state index in [2.05, 4.69) is 15.2 Å². The largest absolute Gasteiger partial charge is 0.435 e. The number of likely N-dealkylation sites (tertiary alicyclic amines) is 1. The van der Waals surface area contributed by atoms with E-state index in [1.165, 1.54) is 13.2 Å². The smallest absolute Gasteiger partial charge is 0.342 e. The number of alkyl halides is 3. The minimum atomic E-state index is -4.62. The monoisotopic (exact) mass is 357 g/mol. The summed E-state index contributed by atoms with van der Waals surface area (Å²) >= 11 is 0. The molecular weight excluding hydrogens is 339 g/mol. The molecule has 0 spiro atoms. The number of carbonyl (C=O) groups is 1. The highest BCUT2D eigenvalue weighted by Gasteiger charge is 2.39. The number of rotatable bonds is 4. The van der Waals surface area contributed by atoms with Crippen molar-refractivity contribution in [3.63, 3.8) is 0 Å². The van der Waals surface area contributed by atoms with Crippen LogP contribution >= 0.6 is 0 Å². The summed E-state index contributed by atoms with van der Waals surface area (Å²) in [5, 5.41) is 7.09. The number of hydrogen-bond acceptors (Lipinski definition) is 5. The highest BCUT2D eigenvalue weighted by molar-refractivity contribution is 5.79. The quantitative estimate of drug-likeness (QED) is 0.840. The zero-order chi connectivity index (χ0) is 18.4. The van der Waals surface area contributed by atoms with E-state index in [4.69, 9.17) is 4.52 Å². The average molecular weight is 357 g/mol. The molecule has 0 bridgehead atoms. The molecule has 25 heavy (non-hydrogen) atoms. The van der Waals surface area contributed by atoms with Gasteiger partial charge in [-0.25, -0.2) is 0 Å². The topological polar surface area (TPSA) is 77.1 Å². The maximum absolute atomic E-state index is 13.1. The van der Waals surface area contributed by atoms with Gasteiger partial charge >= 0.3 is 6.18 Å². The van der Waals surface area contributed by atoms with Crippen LogP contribution in [-0.2, 0) is 18.0 Å². The Hall–Kier alpha value is -2.39. The zero-order valence-corrected chi connectivity index (χ0v) is 14.0. The highest BCUT2D eigenvalue weighted by atomic mass is 19.4. The standard InChI is InChI=1S/C15H18F3N5O2/c1-8(2)5-23-6-9(4-11(23)24)14-19-13(21-25-14)10-7-22(3)20-12(10)15(16,17)18/h7-9H,4-6H2,1-3H3. The number of carbonyl (C=O) groups excluding carboxylic acids is 1. The fourth-order valence-corrected chi connectivity index (χ4v) is 2.93. The molecule has 1 fully saturated rings. The Kier molecular flexibility index (Phi) is 4.29. The van der Waals surface area contributed by atoms with Crippen LogP contribution in [0.3, 0.4) is 0 Å². The summed E-state index contributed by atoms with van der Waals surface area (Å²) in [6.07, 6.45) is -3.20. The van der Waals surface area contributed by atoms with Gasteiger partial charge in [-0.15, -0.1) is 0 Å². The van der Waals surface area contributed by atoms with Gasteiger partial charge in [0, 0.05) is 32.8 Å². The van der Waals surface area contributed by atoms with Crippen LogP contribution in [0.25, 0.3) is 11.4 Å². The van der Waals surface area contributed by atoms with Crippen molar-refractivity contribution in [2.24, 2.45) is 13.0 Å². The van der Waals surface area contributed by atoms with Crippen molar-refractivity contribution in [1.29, 1.82) is 0 Å². The van der Waals surface area contributed by atoms with Crippen LogP contribution < -0.4 is 0 Å². The Morgan fingerprint density at radius 3 is 2.76 bits per heavy atom. The molecule has 1 amide bonds. The van der Waals surface area contributed by atoms with Crippen molar-refractivity contribution >= 4 is 5.91 Å². The van der Waals surface area contributed by atoms with E-state index in [-0.39, 0.29) is 35.5 Å². The third-order valence-electron chi connectivity index (χ3n) is 3.93. The van der Waals surface area contributed by atoms with Gasteiger partial charge < -0.3 is 9.42 Å². The Morgan fingerprint density at radius 2 is 2.12 bits per heavy atom. The second kappa shape index (κ2) is 6.16. The van der Waals surface area contributed by atoms with E-state index in [1.54, 1.807) is 4.90 Å². The number of nitrogens with zero attached hydrogens (tertiary/aromatic N) is 5. The predicted octanol–water partition coefficient (Wildman–Crippen LogP) is 2.46. The molecule has 1 atom stereocenters. The molecule has 1 unspecified atom stereocenters. The molecule has 136 valence electrons. The number of aromatic nitrogens is 4. The molecule has 7 nitrogen and oxygen atoms in total. The van der Waals surface area contributed by atoms with Gasteiger partial charge in [-0.1, -0.05) is 19.0 Å². The van der Waals surface area contributed by atoms with Gasteiger partial charge in [0.25, 0.3) is 0 Å². The zero-order valence-electron chi connectivity index (χ0n) is 14.0. The lowest BCUT2D eigenvalue weighted by Gasteiger charge is -2.18. The van der Waals surface area contributed by atoms with Gasteiger partial charge in [0.1, 0.15) is 0 Å². The molecule has 0 N–H and O–H groups in total. The van der Waals surface area contributed by atoms with Crippen molar-refractivity contribution in [3.8, 4) is 11.4 Å². The first-order valence-electron chi connectivity index (χ1n) is 7.87. The normalized spacial score (nSPS) is 18.6. The first-order valence-corrected chi connectivity index (χ1v) is 7.87. The lowest BCUT2D eigenvalue weighted by Crippen LogP contribution is -2.29. The maximum Gasteiger partial charge on any atom is 0.435 e. The minimum Gasteiger partial charge on any atom is -0.342 e. The van der Waals surface area contributed by atoms with Crippen LogP contribution in [0.2, 0.25) is 0 Å². The van der Waals surface area contributed by atoms with E-state index in [0.717, 1.165) is 4.68 Å². The first-order chi connectivity index (χ1) is 11.6. The Bertz CT molecular complexity index is 780. The SMILES string of the molecule is CC(C)CN1CC(c2nc(-c3cn(C)nc3C(F)(F)F)no2)CC1=O. The predicted molar refractivity (Wildman–Crippen MR) is 80.3 cm³/mol. The first kappa shape index (κ1) is 17.4. The van der Waals surface area contributed by atoms with Crippen LogP contribution in [0.15, 0.2) is 10.7 Å². The molecule has 2 aromatic rings. The second-order valence-electron chi connectivity index (χ2n) is 6.61. The van der Waals surface area contributed by atoms with Crippen LogP contribution in [0.1, 0.15) is 37.8 Å². The molecule has 3 heterocycles. The summed E-state index contributed by atoms with van der Waals surface area (Å²) in [4.78, 5) is 17.8. The van der Waals surface area contributed by atoms with Gasteiger partial charge in [0.2, 0.25) is 17.6 Å². The number of aryl methyl sites for hydroxylation is 1. The second-order valence-corrected chi connectivity index (χ2v) is 6.61. The average Bonchev–Trinajstić information content (AvgIpc) is 3.16. The van der Waals surface area contributed by atoms with E-state index < -0.39 is 11.9 Å². The summed E-state index contributed by atoms with van der Waals surface area (Å²) in [7, 11) is 1.39. The van der Waals surface area contributed by atoms with Gasteiger partial charge in [-0.05, 0) is 5.92 Å². The van der Waals surface area contributed by atoms with E-state index in [9.17, 15) is 18.0 Å². The molecule has 0 radical (unpaired) electrons. The fourth-order valence-electron chi connectivity index (χ4n) is 2.93. The molecule has 2 aromatic heterocycles. The van der Waals surface area contributed by atoms with Gasteiger partial charge in [-0.3, -0.25) is 9.48 Å². The molecule has 3 rings (SSSR count). The molecule has 1 aliphatic heterocycles. The van der Waals surface area contributed by atoms with Crippen molar-refractivity contribution < 1.29 is 22.5 Å². The molecule has 1 saturated heterocycles. The van der Waals surface area contributed by atoms with Crippen molar-refractivity contribution in [3.05, 3.63) is 17.8 Å². The highest BCUT2D eigenvalue weighted by Crippen LogP contribution is 2.36. The summed E-state index contributed by atoms with van der Waals surface area (Å²) in [5.41, 5.74) is -1.31. The summed E-state index contributed by atoms with van der Waals surface area (Å²) < 4.78 is 45.4. The third-order valence-corrected chi connectivity index (χ3v) is 3.93. The Labute approximate surface area is 141 Å². The molecule has 0 saturated carbocycles. The number of amides is 1. The molecular formula is C15H18F3N5O2. The van der Waals surface area contributed by atoms with E-state index >= 15 is 0 Å². The van der Waals surface area contributed by atoms with Crippen molar-refractivity contribution in [2.75, 3.05) is 13.1 Å². The van der Waals surface area contributed by atoms with E-state index in [1.807, 2.05) is 13.8 Å². The number of halogens is 3. The van der Waals surface area contributed by atoms with Gasteiger partial charge in [-0.2, -0.15) is 23.3 Å². The molecule has 0 aliphatic carbocycles. The van der Waals surface area contributed by atoms with Gasteiger partial charge in [0.15, 0.2) is 5.69 Å². The fraction of sp³-hybridized carbons (Fsp3) is 0.600. The summed E-state index contributed by atoms with van der Waals surface area (Å²) in [5.74, 6) is -0.00299. The molecule has 10 heteroatoms. The van der Waals surface area contributed by atoms with Crippen LogP contribution in [0.4, 0.5) is 13.2 Å². The third kappa shape index (κ3) is 3.52. The maximum atomic E-state index is 13.1. The van der Waals surface area contributed by atoms with Crippen molar-refractivity contribution in [1.82, 2.24) is 24.8 Å². The molecule has 0 aromatic carbocycles. The summed E-state index contributed by atoms with van der Waals surface area (Å²) in [6.45, 7) is 5.06. The van der Waals surface area contributed by atoms with Crippen molar-refractivity contribution in [2.45, 2.75) is 32.4 Å². The Balaban J connectivity index is 1.84. The van der Waals surface area contributed by atoms with E-state index in [0.29, 0.717) is 19.0 Å². The minimum absolute atomic E-state index is 0.0178. The van der Waals surface area contributed by atoms with Crippen LogP contribution in [0, 0.1) is 5.92 Å². The van der Waals surface area contributed by atoms with Crippen LogP contribution in [-0.4, -0.2) is 43.8 Å². The number of hydrogen-bond donors (Lipinski definition) is 0. The summed E-state index contributed by atoms with van der Waals surface area (Å²) in [6, 6.07) is 0.